The number of esters is 1. The van der Waals surface area contributed by atoms with E-state index in [4.69, 9.17) is 9.47 Å². The van der Waals surface area contributed by atoms with Crippen molar-refractivity contribution in [2.75, 3.05) is 0 Å². The molecule has 0 saturated heterocycles. The lowest BCUT2D eigenvalue weighted by Crippen LogP contribution is -2.39. The molecule has 16 heavy (non-hydrogen) atoms. The zero-order chi connectivity index (χ0) is 12.1. The normalized spacial score (nSPS) is 17.4. The number of carbonyl (C=O) groups is 1. The van der Waals surface area contributed by atoms with Gasteiger partial charge in [0.15, 0.2) is 17.4 Å². The molecule has 0 amide bonds. The zero-order valence-corrected chi connectivity index (χ0v) is 10.0. The van der Waals surface area contributed by atoms with Crippen LogP contribution in [-0.2, 0) is 4.74 Å². The minimum absolute atomic E-state index is 0.0415. The summed E-state index contributed by atoms with van der Waals surface area (Å²) in [7, 11) is 0. The highest BCUT2D eigenvalue weighted by Crippen LogP contribution is 2.39. The minimum atomic E-state index is -1.27. The highest BCUT2D eigenvalue weighted by molar-refractivity contribution is 9.10. The number of rotatable bonds is 0. The van der Waals surface area contributed by atoms with Crippen molar-refractivity contribution in [3.05, 3.63) is 27.7 Å². The molecule has 1 aromatic carbocycles. The van der Waals surface area contributed by atoms with Crippen molar-refractivity contribution in [2.45, 2.75) is 19.6 Å². The molecule has 0 unspecified atom stereocenters. The summed E-state index contributed by atoms with van der Waals surface area (Å²) in [5, 5.41) is 0. The van der Waals surface area contributed by atoms with Gasteiger partial charge in [-0.25, -0.2) is 13.6 Å². The van der Waals surface area contributed by atoms with Gasteiger partial charge in [0, 0.05) is 13.8 Å². The first-order valence-corrected chi connectivity index (χ1v) is 5.21. The molecule has 3 nitrogen and oxygen atoms in total. The maximum Gasteiger partial charge on any atom is 0.348 e. The molecule has 86 valence electrons. The molecule has 0 radical (unpaired) electrons. The molecule has 1 aliphatic heterocycles. The van der Waals surface area contributed by atoms with Crippen LogP contribution < -0.4 is 4.74 Å². The average molecular weight is 293 g/mol. The lowest BCUT2D eigenvalue weighted by Gasteiger charge is -2.32. The molecule has 0 atom stereocenters. The van der Waals surface area contributed by atoms with Crippen LogP contribution in [0.3, 0.4) is 0 Å². The summed E-state index contributed by atoms with van der Waals surface area (Å²) in [6.45, 7) is 3.00. The Morgan fingerprint density at radius 2 is 1.94 bits per heavy atom. The fourth-order valence-corrected chi connectivity index (χ4v) is 1.88. The van der Waals surface area contributed by atoms with Crippen LogP contribution in [-0.4, -0.2) is 11.8 Å². The first-order chi connectivity index (χ1) is 7.32. The first-order valence-electron chi connectivity index (χ1n) is 4.41. The van der Waals surface area contributed by atoms with Gasteiger partial charge in [0.1, 0.15) is 5.56 Å². The van der Waals surface area contributed by atoms with Gasteiger partial charge in [-0.05, 0) is 22.0 Å². The fourth-order valence-electron chi connectivity index (χ4n) is 1.40. The van der Waals surface area contributed by atoms with Crippen molar-refractivity contribution in [1.29, 1.82) is 0 Å². The largest absolute Gasteiger partial charge is 0.451 e. The molecule has 0 spiro atoms. The molecule has 1 aliphatic rings. The van der Waals surface area contributed by atoms with Gasteiger partial charge in [-0.3, -0.25) is 0 Å². The summed E-state index contributed by atoms with van der Waals surface area (Å²) in [4.78, 5) is 11.5. The highest BCUT2D eigenvalue weighted by Gasteiger charge is 2.38. The third kappa shape index (κ3) is 1.67. The third-order valence-electron chi connectivity index (χ3n) is 2.02. The number of hydrogen-bond donors (Lipinski definition) is 0. The van der Waals surface area contributed by atoms with E-state index in [9.17, 15) is 13.6 Å². The summed E-state index contributed by atoms with van der Waals surface area (Å²) >= 11 is 3.01. The van der Waals surface area contributed by atoms with Crippen LogP contribution in [0.4, 0.5) is 8.78 Å². The molecular formula is C10H7BrF2O3. The van der Waals surface area contributed by atoms with Gasteiger partial charge in [-0.15, -0.1) is 0 Å². The van der Waals surface area contributed by atoms with E-state index in [0.29, 0.717) is 0 Å². The Balaban J connectivity index is 2.69. The lowest BCUT2D eigenvalue weighted by atomic mass is 10.1. The molecule has 6 heteroatoms. The van der Waals surface area contributed by atoms with Gasteiger partial charge in [-0.1, -0.05) is 0 Å². The van der Waals surface area contributed by atoms with Crippen LogP contribution >= 0.6 is 15.9 Å². The van der Waals surface area contributed by atoms with Gasteiger partial charge in [0.2, 0.25) is 5.79 Å². The predicted molar refractivity (Wildman–Crippen MR) is 54.2 cm³/mol. The molecule has 2 rings (SSSR count). The second-order valence-electron chi connectivity index (χ2n) is 3.75. The number of hydrogen-bond acceptors (Lipinski definition) is 3. The van der Waals surface area contributed by atoms with Crippen molar-refractivity contribution >= 4 is 21.9 Å². The Bertz CT molecular complexity index is 485. The van der Waals surface area contributed by atoms with Crippen molar-refractivity contribution in [2.24, 2.45) is 0 Å². The van der Waals surface area contributed by atoms with E-state index in [2.05, 4.69) is 15.9 Å². The molecule has 0 aromatic heterocycles. The van der Waals surface area contributed by atoms with E-state index in [1.165, 1.54) is 13.8 Å². The highest BCUT2D eigenvalue weighted by atomic mass is 79.9. The Kier molecular flexibility index (Phi) is 2.41. The summed E-state index contributed by atoms with van der Waals surface area (Å²) in [5.74, 6) is -4.58. The van der Waals surface area contributed by atoms with E-state index in [1.54, 1.807) is 0 Å². The number of ether oxygens (including phenoxy) is 2. The van der Waals surface area contributed by atoms with Gasteiger partial charge < -0.3 is 9.47 Å². The summed E-state index contributed by atoms with van der Waals surface area (Å²) in [6, 6.07) is 0.906. The fraction of sp³-hybridized carbons (Fsp3) is 0.300. The van der Waals surface area contributed by atoms with E-state index in [0.717, 1.165) is 6.07 Å². The predicted octanol–water partition coefficient (Wildman–Crippen LogP) is 3.01. The van der Waals surface area contributed by atoms with Crippen LogP contribution in [0.1, 0.15) is 24.2 Å². The number of carbonyl (C=O) groups excluding carboxylic acids is 1. The van der Waals surface area contributed by atoms with E-state index < -0.39 is 29.0 Å². The molecule has 1 heterocycles. The van der Waals surface area contributed by atoms with E-state index in [-0.39, 0.29) is 10.2 Å². The molecular weight excluding hydrogens is 286 g/mol. The van der Waals surface area contributed by atoms with Crippen LogP contribution in [0.2, 0.25) is 0 Å². The van der Waals surface area contributed by atoms with Gasteiger partial charge in [-0.2, -0.15) is 0 Å². The van der Waals surface area contributed by atoms with Crippen molar-refractivity contribution in [3.8, 4) is 5.75 Å². The van der Waals surface area contributed by atoms with Gasteiger partial charge >= 0.3 is 5.97 Å². The molecule has 0 aliphatic carbocycles. The molecule has 0 N–H and O–H groups in total. The minimum Gasteiger partial charge on any atom is -0.451 e. The van der Waals surface area contributed by atoms with Gasteiger partial charge in [0.05, 0.1) is 4.47 Å². The van der Waals surface area contributed by atoms with Crippen LogP contribution in [0.25, 0.3) is 0 Å². The summed E-state index contributed by atoms with van der Waals surface area (Å²) < 4.78 is 36.7. The van der Waals surface area contributed by atoms with Crippen LogP contribution in [0.5, 0.6) is 5.75 Å². The number of benzene rings is 1. The molecule has 1 aromatic rings. The lowest BCUT2D eigenvalue weighted by molar-refractivity contribution is -0.128. The van der Waals surface area contributed by atoms with Gasteiger partial charge in [0.25, 0.3) is 0 Å². The second kappa shape index (κ2) is 3.41. The number of fused-ring (bicyclic) bond motifs is 1. The van der Waals surface area contributed by atoms with Crippen LogP contribution in [0, 0.1) is 11.6 Å². The van der Waals surface area contributed by atoms with Crippen molar-refractivity contribution in [3.63, 3.8) is 0 Å². The molecule has 0 fully saturated rings. The Morgan fingerprint density at radius 3 is 2.56 bits per heavy atom. The zero-order valence-electron chi connectivity index (χ0n) is 8.44. The van der Waals surface area contributed by atoms with E-state index >= 15 is 0 Å². The maximum absolute atomic E-state index is 13.4. The quantitative estimate of drug-likeness (QED) is 0.545. The molecule has 0 saturated carbocycles. The maximum atomic E-state index is 13.4. The van der Waals surface area contributed by atoms with Crippen molar-refractivity contribution in [1.82, 2.24) is 0 Å². The van der Waals surface area contributed by atoms with Crippen LogP contribution in [0.15, 0.2) is 10.5 Å². The Morgan fingerprint density at radius 1 is 1.31 bits per heavy atom. The summed E-state index contributed by atoms with van der Waals surface area (Å²) in [6.07, 6.45) is 0. The second-order valence-corrected chi connectivity index (χ2v) is 4.60. The van der Waals surface area contributed by atoms with Crippen molar-refractivity contribution < 1.29 is 23.0 Å². The monoisotopic (exact) mass is 292 g/mol. The third-order valence-corrected chi connectivity index (χ3v) is 2.61. The standard InChI is InChI=1S/C10H7BrF2O3/c1-10(2)15-8-4(11)3-5(12)7(13)6(8)9(14)16-10/h3H,1-2H3. The van der Waals surface area contributed by atoms with E-state index in [1.807, 2.05) is 0 Å². The number of halogens is 3. The SMILES string of the molecule is CC1(C)OC(=O)c2c(F)c(F)cc(Br)c2O1. The average Bonchev–Trinajstić information content (AvgIpc) is 2.12. The summed E-state index contributed by atoms with van der Waals surface area (Å²) in [5.41, 5.74) is -0.522. The number of cyclic esters (lactones) is 1. The first kappa shape index (κ1) is 11.3. The topological polar surface area (TPSA) is 35.5 Å². The smallest absolute Gasteiger partial charge is 0.348 e. The Labute approximate surface area is 98.5 Å². The Hall–Kier alpha value is -1.17. The molecule has 0 bridgehead atoms.